The lowest BCUT2D eigenvalue weighted by Crippen LogP contribution is -2.22. The molecule has 0 amide bonds. The molecule has 0 saturated carbocycles. The van der Waals surface area contributed by atoms with Gasteiger partial charge in [-0.15, -0.1) is 6.58 Å². The average molecular weight is 165 g/mol. The minimum absolute atomic E-state index is 0.328. The van der Waals surface area contributed by atoms with Gasteiger partial charge in [-0.1, -0.05) is 6.08 Å². The third-order valence-corrected chi connectivity index (χ3v) is 1.91. The molecule has 2 heteroatoms. The molecule has 12 heavy (non-hydrogen) atoms. The molecule has 0 spiro atoms. The zero-order valence-corrected chi connectivity index (χ0v) is 7.63. The fraction of sp³-hybridized carbons (Fsp3) is 0.400. The monoisotopic (exact) mass is 165 g/mol. The van der Waals surface area contributed by atoms with Crippen molar-refractivity contribution >= 4 is 0 Å². The molecule has 0 aliphatic rings. The van der Waals surface area contributed by atoms with Crippen LogP contribution in [-0.2, 0) is 6.54 Å². The normalized spacial score (nSPS) is 12.8. The third-order valence-electron chi connectivity index (χ3n) is 1.91. The zero-order valence-electron chi connectivity index (χ0n) is 7.63. The molecule has 1 atom stereocenters. The van der Waals surface area contributed by atoms with E-state index in [0.717, 1.165) is 12.3 Å². The maximum Gasteiger partial charge on any atom is 0.120 e. The largest absolute Gasteiger partial charge is 0.468 e. The summed E-state index contributed by atoms with van der Waals surface area (Å²) < 4.78 is 5.26. The van der Waals surface area contributed by atoms with Crippen LogP contribution in [0.15, 0.2) is 29.4 Å². The van der Waals surface area contributed by atoms with Gasteiger partial charge < -0.3 is 9.73 Å². The fourth-order valence-corrected chi connectivity index (χ4v) is 0.922. The number of hydrogen-bond acceptors (Lipinski definition) is 2. The van der Waals surface area contributed by atoms with Crippen molar-refractivity contribution in [2.45, 2.75) is 26.4 Å². The molecule has 0 fully saturated rings. The van der Waals surface area contributed by atoms with E-state index in [4.69, 9.17) is 4.42 Å². The van der Waals surface area contributed by atoms with Crippen molar-refractivity contribution in [2.75, 3.05) is 0 Å². The minimum Gasteiger partial charge on any atom is -0.468 e. The maximum atomic E-state index is 5.26. The van der Waals surface area contributed by atoms with Crippen LogP contribution >= 0.6 is 0 Å². The van der Waals surface area contributed by atoms with Gasteiger partial charge in [0, 0.05) is 6.04 Å². The smallest absolute Gasteiger partial charge is 0.120 e. The predicted octanol–water partition coefficient (Wildman–Crippen LogP) is 2.25. The Kier molecular flexibility index (Phi) is 3.11. The SMILES string of the molecule is C=CC(C)NCc1occc1C. The van der Waals surface area contributed by atoms with Crippen LogP contribution in [0.25, 0.3) is 0 Å². The summed E-state index contributed by atoms with van der Waals surface area (Å²) >= 11 is 0. The summed E-state index contributed by atoms with van der Waals surface area (Å²) in [6, 6.07) is 2.30. The van der Waals surface area contributed by atoms with Gasteiger partial charge in [-0.25, -0.2) is 0 Å². The van der Waals surface area contributed by atoms with Gasteiger partial charge in [0.1, 0.15) is 5.76 Å². The van der Waals surface area contributed by atoms with Crippen LogP contribution in [0.2, 0.25) is 0 Å². The van der Waals surface area contributed by atoms with E-state index in [-0.39, 0.29) is 0 Å². The van der Waals surface area contributed by atoms with Crippen LogP contribution in [0.5, 0.6) is 0 Å². The van der Waals surface area contributed by atoms with E-state index >= 15 is 0 Å². The minimum atomic E-state index is 0.328. The highest BCUT2D eigenvalue weighted by molar-refractivity contribution is 5.14. The Hall–Kier alpha value is -1.02. The van der Waals surface area contributed by atoms with Gasteiger partial charge in [-0.2, -0.15) is 0 Å². The first-order chi connectivity index (χ1) is 5.74. The Labute approximate surface area is 73.3 Å². The van der Waals surface area contributed by atoms with E-state index < -0.39 is 0 Å². The molecular formula is C10H15NO. The Morgan fingerprint density at radius 3 is 3.00 bits per heavy atom. The Morgan fingerprint density at radius 2 is 2.50 bits per heavy atom. The quantitative estimate of drug-likeness (QED) is 0.692. The van der Waals surface area contributed by atoms with Crippen molar-refractivity contribution in [2.24, 2.45) is 0 Å². The molecule has 0 saturated heterocycles. The number of furan rings is 1. The topological polar surface area (TPSA) is 25.2 Å². The summed E-state index contributed by atoms with van der Waals surface area (Å²) in [4.78, 5) is 0. The van der Waals surface area contributed by atoms with Crippen LogP contribution in [-0.4, -0.2) is 6.04 Å². The van der Waals surface area contributed by atoms with E-state index in [1.54, 1.807) is 6.26 Å². The van der Waals surface area contributed by atoms with E-state index in [1.807, 2.05) is 19.1 Å². The van der Waals surface area contributed by atoms with E-state index in [2.05, 4.69) is 18.8 Å². The molecule has 1 rings (SSSR count). The van der Waals surface area contributed by atoms with Gasteiger partial charge in [-0.3, -0.25) is 0 Å². The summed E-state index contributed by atoms with van der Waals surface area (Å²) in [5, 5.41) is 3.26. The number of aryl methyl sites for hydroxylation is 1. The first-order valence-corrected chi connectivity index (χ1v) is 4.13. The summed E-state index contributed by atoms with van der Waals surface area (Å²) in [7, 11) is 0. The van der Waals surface area contributed by atoms with Crippen molar-refractivity contribution in [3.63, 3.8) is 0 Å². The van der Waals surface area contributed by atoms with Crippen LogP contribution in [0.3, 0.4) is 0 Å². The third kappa shape index (κ3) is 2.24. The molecular weight excluding hydrogens is 150 g/mol. The predicted molar refractivity (Wildman–Crippen MR) is 49.9 cm³/mol. The van der Waals surface area contributed by atoms with Crippen LogP contribution in [0, 0.1) is 6.92 Å². The van der Waals surface area contributed by atoms with Crippen molar-refractivity contribution < 1.29 is 4.42 Å². The summed E-state index contributed by atoms with van der Waals surface area (Å²) in [6.07, 6.45) is 3.59. The Bertz CT molecular complexity index is 252. The lowest BCUT2D eigenvalue weighted by atomic mass is 10.2. The standard InChI is InChI=1S/C10H15NO/c1-4-9(3)11-7-10-8(2)5-6-12-10/h4-6,9,11H,1,7H2,2-3H3. The first kappa shape index (κ1) is 9.07. The molecule has 0 aliphatic carbocycles. The van der Waals surface area contributed by atoms with Gasteiger partial charge in [0.15, 0.2) is 0 Å². The first-order valence-electron chi connectivity index (χ1n) is 4.13. The molecule has 66 valence electrons. The number of nitrogens with one attached hydrogen (secondary N) is 1. The van der Waals surface area contributed by atoms with Crippen LogP contribution < -0.4 is 5.32 Å². The lowest BCUT2D eigenvalue weighted by molar-refractivity contribution is 0.471. The Balaban J connectivity index is 2.43. The number of rotatable bonds is 4. The lowest BCUT2D eigenvalue weighted by Gasteiger charge is -2.06. The highest BCUT2D eigenvalue weighted by Gasteiger charge is 2.01. The molecule has 0 aromatic carbocycles. The molecule has 0 bridgehead atoms. The summed E-state index contributed by atoms with van der Waals surface area (Å²) in [5.74, 6) is 1.00. The molecule has 1 aromatic rings. The van der Waals surface area contributed by atoms with Crippen molar-refractivity contribution in [3.8, 4) is 0 Å². The highest BCUT2D eigenvalue weighted by Crippen LogP contribution is 2.07. The molecule has 0 radical (unpaired) electrons. The second kappa shape index (κ2) is 4.12. The van der Waals surface area contributed by atoms with Gasteiger partial charge in [0.05, 0.1) is 12.8 Å². The van der Waals surface area contributed by atoms with Gasteiger partial charge in [-0.05, 0) is 25.5 Å². The van der Waals surface area contributed by atoms with Crippen molar-refractivity contribution in [1.29, 1.82) is 0 Å². The molecule has 2 nitrogen and oxygen atoms in total. The second-order valence-electron chi connectivity index (χ2n) is 2.93. The summed E-state index contributed by atoms with van der Waals surface area (Å²) in [6.45, 7) is 8.56. The van der Waals surface area contributed by atoms with E-state index in [1.165, 1.54) is 5.56 Å². The molecule has 1 aromatic heterocycles. The fourth-order valence-electron chi connectivity index (χ4n) is 0.922. The van der Waals surface area contributed by atoms with E-state index in [9.17, 15) is 0 Å². The maximum absolute atomic E-state index is 5.26. The summed E-state index contributed by atoms with van der Waals surface area (Å²) in [5.41, 5.74) is 1.19. The zero-order chi connectivity index (χ0) is 8.97. The molecule has 1 unspecified atom stereocenters. The van der Waals surface area contributed by atoms with Gasteiger partial charge in [0.25, 0.3) is 0 Å². The molecule has 0 aliphatic heterocycles. The van der Waals surface area contributed by atoms with Gasteiger partial charge in [0.2, 0.25) is 0 Å². The van der Waals surface area contributed by atoms with Crippen LogP contribution in [0.4, 0.5) is 0 Å². The van der Waals surface area contributed by atoms with Crippen LogP contribution in [0.1, 0.15) is 18.2 Å². The van der Waals surface area contributed by atoms with E-state index in [0.29, 0.717) is 6.04 Å². The Morgan fingerprint density at radius 1 is 1.75 bits per heavy atom. The average Bonchev–Trinajstić information content (AvgIpc) is 2.47. The highest BCUT2D eigenvalue weighted by atomic mass is 16.3. The van der Waals surface area contributed by atoms with Crippen molar-refractivity contribution in [1.82, 2.24) is 5.32 Å². The molecule has 1 heterocycles. The van der Waals surface area contributed by atoms with Gasteiger partial charge >= 0.3 is 0 Å². The molecule has 1 N–H and O–H groups in total. The number of hydrogen-bond donors (Lipinski definition) is 1. The van der Waals surface area contributed by atoms with Crippen molar-refractivity contribution in [3.05, 3.63) is 36.3 Å². The second-order valence-corrected chi connectivity index (χ2v) is 2.93.